The number of fused-ring (bicyclic) bond motifs is 1. The monoisotopic (exact) mass is 442 g/mol. The van der Waals surface area contributed by atoms with Crippen LogP contribution in [0.5, 0.6) is 0 Å². The van der Waals surface area contributed by atoms with Crippen molar-refractivity contribution < 1.29 is 18.7 Å². The molecule has 2 aromatic rings. The highest BCUT2D eigenvalue weighted by atomic mass is 32.1. The van der Waals surface area contributed by atoms with Crippen molar-refractivity contribution in [3.8, 4) is 0 Å². The summed E-state index contributed by atoms with van der Waals surface area (Å²) >= 11 is 1.18. The van der Waals surface area contributed by atoms with E-state index in [0.717, 1.165) is 18.4 Å². The number of carbonyl (C=O) groups is 1. The Morgan fingerprint density at radius 3 is 2.77 bits per heavy atom. The van der Waals surface area contributed by atoms with Crippen LogP contribution in [0, 0.1) is 16.6 Å². The Morgan fingerprint density at radius 1 is 1.23 bits per heavy atom. The normalized spacial score (nSPS) is 16.3. The van der Waals surface area contributed by atoms with E-state index in [1.165, 1.54) is 11.3 Å². The van der Waals surface area contributed by atoms with Crippen molar-refractivity contribution in [3.05, 3.63) is 46.7 Å². The van der Waals surface area contributed by atoms with Crippen LogP contribution in [0.25, 0.3) is 15.8 Å². The molecule has 2 N–H and O–H groups in total. The molecule has 31 heavy (non-hydrogen) atoms. The number of amides is 1. The molecule has 0 atom stereocenters. The maximum Gasteiger partial charge on any atom is 0.232 e. The molecule has 0 radical (unpaired) electrons. The highest BCUT2D eigenvalue weighted by molar-refractivity contribution is 7.18. The van der Waals surface area contributed by atoms with Gasteiger partial charge in [0.05, 0.1) is 29.9 Å². The van der Waals surface area contributed by atoms with E-state index < -0.39 is 0 Å². The Balaban J connectivity index is 1.38. The molecule has 1 fully saturated rings. The predicted octanol–water partition coefficient (Wildman–Crippen LogP) is 3.93. The summed E-state index contributed by atoms with van der Waals surface area (Å²) in [7, 11) is 0. The minimum absolute atomic E-state index is 0.0326. The first kappa shape index (κ1) is 21.3. The quantitative estimate of drug-likeness (QED) is 0.541. The summed E-state index contributed by atoms with van der Waals surface area (Å²) in [4.78, 5) is 18.2. The Morgan fingerprint density at radius 2 is 2.03 bits per heavy atom. The van der Waals surface area contributed by atoms with Crippen molar-refractivity contribution in [3.63, 3.8) is 0 Å². The average molecular weight is 443 g/mol. The maximum absolute atomic E-state index is 15.1. The average Bonchev–Trinajstić information content (AvgIpc) is 3.18. The van der Waals surface area contributed by atoms with E-state index in [2.05, 4.69) is 4.98 Å². The molecular weight excluding hydrogens is 419 g/mol. The first-order chi connectivity index (χ1) is 15.0. The topological polar surface area (TPSA) is 99.4 Å². The molecule has 0 unspecified atom stereocenters. The van der Waals surface area contributed by atoms with Gasteiger partial charge in [-0.1, -0.05) is 18.2 Å². The van der Waals surface area contributed by atoms with E-state index in [4.69, 9.17) is 20.3 Å². The van der Waals surface area contributed by atoms with E-state index in [9.17, 15) is 4.79 Å². The number of rotatable bonds is 5. The van der Waals surface area contributed by atoms with Crippen molar-refractivity contribution in [2.45, 2.75) is 25.7 Å². The van der Waals surface area contributed by atoms with Gasteiger partial charge in [0, 0.05) is 18.7 Å². The van der Waals surface area contributed by atoms with Crippen LogP contribution < -0.4 is 0 Å². The highest BCUT2D eigenvalue weighted by Gasteiger charge is 2.20. The Hall–Kier alpha value is -2.91. The van der Waals surface area contributed by atoms with Gasteiger partial charge in [0.1, 0.15) is 17.2 Å². The van der Waals surface area contributed by atoms with Crippen molar-refractivity contribution >= 4 is 44.8 Å². The molecule has 7 nitrogen and oxygen atoms in total. The Labute approximate surface area is 183 Å². The molecule has 1 saturated heterocycles. The lowest BCUT2D eigenvalue weighted by Crippen LogP contribution is -2.41. The zero-order chi connectivity index (χ0) is 21.8. The summed E-state index contributed by atoms with van der Waals surface area (Å²) in [6.45, 7) is 1.96. The number of thiazole rings is 1. The third-order valence-electron chi connectivity index (χ3n) is 5.08. The Kier molecular flexibility index (Phi) is 6.53. The number of aromatic nitrogens is 1. The summed E-state index contributed by atoms with van der Waals surface area (Å²) in [5, 5.41) is 16.4. The lowest BCUT2D eigenvalue weighted by Gasteiger charge is -2.26. The fraction of sp³-hybridized carbons (Fsp3) is 0.364. The summed E-state index contributed by atoms with van der Waals surface area (Å²) in [5.74, 6) is -1.01. The number of morpholine rings is 1. The molecule has 0 bridgehead atoms. The van der Waals surface area contributed by atoms with Gasteiger partial charge in [0.25, 0.3) is 0 Å². The molecule has 0 spiro atoms. The third kappa shape index (κ3) is 5.05. The molecule has 9 heteroatoms. The fourth-order valence-electron chi connectivity index (χ4n) is 3.54. The summed E-state index contributed by atoms with van der Waals surface area (Å²) < 4.78 is 25.9. The van der Waals surface area contributed by atoms with Crippen molar-refractivity contribution in [1.29, 1.82) is 10.8 Å². The number of hydrogen-bond donors (Lipinski definition) is 2. The number of hydrogen-bond acceptors (Lipinski definition) is 7. The zero-order valence-corrected chi connectivity index (χ0v) is 17.8. The van der Waals surface area contributed by atoms with Gasteiger partial charge in [-0.3, -0.25) is 15.6 Å². The molecular formula is C22H23FN4O3S. The summed E-state index contributed by atoms with van der Waals surface area (Å²) in [5.41, 5.74) is 1.95. The van der Waals surface area contributed by atoms with Gasteiger partial charge < -0.3 is 14.4 Å². The number of benzene rings is 1. The number of ether oxygens (including phenoxy) is 2. The van der Waals surface area contributed by atoms with E-state index in [0.29, 0.717) is 47.1 Å². The fourth-order valence-corrected chi connectivity index (χ4v) is 4.54. The largest absolute Gasteiger partial charge is 0.429 e. The number of nitrogens with zero attached hydrogens (tertiary/aromatic N) is 2. The molecule has 162 valence electrons. The highest BCUT2D eigenvalue weighted by Crippen LogP contribution is 2.32. The SMILES string of the molecule is N=C(CC(=O)N1CCOCC1)OC(=N)Cc1nc2ccc(C3=CCCC=C3)c(F)c2s1. The molecule has 1 aromatic heterocycles. The second kappa shape index (κ2) is 9.49. The molecule has 1 aliphatic carbocycles. The second-order valence-electron chi connectivity index (χ2n) is 7.32. The first-order valence-electron chi connectivity index (χ1n) is 10.1. The van der Waals surface area contributed by atoms with Gasteiger partial charge in [-0.25, -0.2) is 9.37 Å². The minimum atomic E-state index is -0.310. The van der Waals surface area contributed by atoms with Gasteiger partial charge in [0.2, 0.25) is 5.91 Å². The van der Waals surface area contributed by atoms with Gasteiger partial charge in [-0.05, 0) is 30.5 Å². The first-order valence-corrected chi connectivity index (χ1v) is 11.0. The van der Waals surface area contributed by atoms with Crippen LogP contribution >= 0.6 is 11.3 Å². The number of nitrogens with one attached hydrogen (secondary N) is 2. The molecule has 0 saturated carbocycles. The summed E-state index contributed by atoms with van der Waals surface area (Å²) in [6.07, 6.45) is 7.68. The molecule has 2 heterocycles. The minimum Gasteiger partial charge on any atom is -0.429 e. The van der Waals surface area contributed by atoms with Gasteiger partial charge in [-0.2, -0.15) is 0 Å². The van der Waals surface area contributed by atoms with Crippen LogP contribution in [0.4, 0.5) is 4.39 Å². The van der Waals surface area contributed by atoms with Gasteiger partial charge in [-0.15, -0.1) is 11.3 Å². The van der Waals surface area contributed by atoms with Crippen molar-refractivity contribution in [2.24, 2.45) is 0 Å². The zero-order valence-electron chi connectivity index (χ0n) is 16.9. The lowest BCUT2D eigenvalue weighted by molar-refractivity contribution is -0.134. The summed E-state index contributed by atoms with van der Waals surface area (Å²) in [6, 6.07) is 3.52. The third-order valence-corrected chi connectivity index (χ3v) is 6.14. The van der Waals surface area contributed by atoms with Crippen LogP contribution in [0.3, 0.4) is 0 Å². The standard InChI is InChI=1S/C22H23FN4O3S/c23-21-15(14-4-2-1-3-5-14)6-7-16-22(21)31-19(26-16)12-17(24)30-18(25)13-20(28)27-8-10-29-11-9-27/h2,4-7,24-25H,1,3,8-13H2. The Bertz CT molecular complexity index is 1090. The van der Waals surface area contributed by atoms with Gasteiger partial charge >= 0.3 is 0 Å². The van der Waals surface area contributed by atoms with Crippen molar-refractivity contribution in [1.82, 2.24) is 9.88 Å². The second-order valence-corrected chi connectivity index (χ2v) is 8.40. The molecule has 1 aliphatic heterocycles. The van der Waals surface area contributed by atoms with E-state index in [1.54, 1.807) is 17.0 Å². The molecule has 4 rings (SSSR count). The number of allylic oxidation sites excluding steroid dienone is 4. The van der Waals surface area contributed by atoms with Crippen molar-refractivity contribution in [2.75, 3.05) is 26.3 Å². The lowest BCUT2D eigenvalue weighted by atomic mass is 9.99. The van der Waals surface area contributed by atoms with Crippen LogP contribution in [0.2, 0.25) is 0 Å². The predicted molar refractivity (Wildman–Crippen MR) is 118 cm³/mol. The van der Waals surface area contributed by atoms with E-state index >= 15 is 4.39 Å². The van der Waals surface area contributed by atoms with Crippen LogP contribution in [-0.2, 0) is 20.7 Å². The maximum atomic E-state index is 15.1. The molecule has 1 aromatic carbocycles. The van der Waals surface area contributed by atoms with Crippen LogP contribution in [-0.4, -0.2) is 53.9 Å². The number of carbonyl (C=O) groups excluding carboxylic acids is 1. The smallest absolute Gasteiger partial charge is 0.232 e. The van der Waals surface area contributed by atoms with E-state index in [1.807, 2.05) is 18.2 Å². The molecule has 1 amide bonds. The van der Waals surface area contributed by atoms with Crippen LogP contribution in [0.15, 0.2) is 30.4 Å². The van der Waals surface area contributed by atoms with Gasteiger partial charge in [0.15, 0.2) is 11.8 Å². The number of halogens is 1. The van der Waals surface area contributed by atoms with Crippen LogP contribution in [0.1, 0.15) is 29.8 Å². The van der Waals surface area contributed by atoms with E-state index in [-0.39, 0.29) is 36.4 Å². The molecule has 2 aliphatic rings.